The Balaban J connectivity index is 2.75. The van der Waals surface area contributed by atoms with Crippen LogP contribution in [0.2, 0.25) is 5.02 Å². The zero-order valence-electron chi connectivity index (χ0n) is 9.91. The molecule has 0 fully saturated rings. The van der Waals surface area contributed by atoms with Gasteiger partial charge in [-0.15, -0.1) is 0 Å². The number of aliphatic hydroxyl groups is 1. The molecule has 0 aliphatic carbocycles. The summed E-state index contributed by atoms with van der Waals surface area (Å²) in [5.41, 5.74) is 8.05. The number of hydrogen-bond acceptors (Lipinski definition) is 2. The van der Waals surface area contributed by atoms with Crippen LogP contribution in [0.3, 0.4) is 0 Å². The van der Waals surface area contributed by atoms with Gasteiger partial charge in [-0.25, -0.2) is 0 Å². The van der Waals surface area contributed by atoms with Crippen molar-refractivity contribution in [3.05, 3.63) is 34.3 Å². The average Bonchev–Trinajstić information content (AvgIpc) is 2.25. The molecule has 1 aromatic rings. The van der Waals surface area contributed by atoms with Crippen molar-refractivity contribution in [3.63, 3.8) is 0 Å². The summed E-state index contributed by atoms with van der Waals surface area (Å²) in [6.07, 6.45) is 2.35. The standard InChI is InChI=1S/C13H20ClNO/c1-3-4-5-12(16)13(15)11-7-6-10(14)8-9(11)2/h6-8,12-13,16H,3-5,15H2,1-2H3/t12-,13+/m0/s1. The van der Waals surface area contributed by atoms with Gasteiger partial charge in [-0.05, 0) is 36.6 Å². The largest absolute Gasteiger partial charge is 0.391 e. The molecule has 3 heteroatoms. The number of halogens is 1. The van der Waals surface area contributed by atoms with Gasteiger partial charge < -0.3 is 10.8 Å². The molecule has 16 heavy (non-hydrogen) atoms. The van der Waals surface area contributed by atoms with E-state index in [4.69, 9.17) is 17.3 Å². The van der Waals surface area contributed by atoms with Crippen LogP contribution in [0.25, 0.3) is 0 Å². The minimum absolute atomic E-state index is 0.316. The highest BCUT2D eigenvalue weighted by Gasteiger charge is 2.17. The van der Waals surface area contributed by atoms with Crippen molar-refractivity contribution >= 4 is 11.6 Å². The molecule has 0 amide bonds. The molecule has 0 spiro atoms. The predicted octanol–water partition coefficient (Wildman–Crippen LogP) is 3.20. The predicted molar refractivity (Wildman–Crippen MR) is 68.6 cm³/mol. The Hall–Kier alpha value is -0.570. The summed E-state index contributed by atoms with van der Waals surface area (Å²) in [4.78, 5) is 0. The number of unbranched alkanes of at least 4 members (excludes halogenated alkanes) is 1. The van der Waals surface area contributed by atoms with Gasteiger partial charge in [0, 0.05) is 5.02 Å². The first-order valence-electron chi connectivity index (χ1n) is 5.76. The van der Waals surface area contributed by atoms with E-state index in [-0.39, 0.29) is 6.04 Å². The summed E-state index contributed by atoms with van der Waals surface area (Å²) >= 11 is 5.88. The lowest BCUT2D eigenvalue weighted by Crippen LogP contribution is -2.26. The van der Waals surface area contributed by atoms with Gasteiger partial charge in [-0.1, -0.05) is 37.4 Å². The lowest BCUT2D eigenvalue weighted by molar-refractivity contribution is 0.132. The van der Waals surface area contributed by atoms with Crippen LogP contribution >= 0.6 is 11.6 Å². The Kier molecular flexibility index (Phi) is 5.26. The summed E-state index contributed by atoms with van der Waals surface area (Å²) in [7, 11) is 0. The number of hydrogen-bond donors (Lipinski definition) is 2. The Morgan fingerprint density at radius 2 is 2.12 bits per heavy atom. The Labute approximate surface area is 102 Å². The highest BCUT2D eigenvalue weighted by atomic mass is 35.5. The second-order valence-corrected chi connectivity index (χ2v) is 4.67. The van der Waals surface area contributed by atoms with Crippen molar-refractivity contribution in [3.8, 4) is 0 Å². The molecule has 90 valence electrons. The van der Waals surface area contributed by atoms with Crippen LogP contribution in [0.5, 0.6) is 0 Å². The normalized spacial score (nSPS) is 14.8. The molecule has 0 saturated carbocycles. The maximum atomic E-state index is 9.94. The lowest BCUT2D eigenvalue weighted by atomic mass is 9.95. The molecule has 0 radical (unpaired) electrons. The van der Waals surface area contributed by atoms with Crippen molar-refractivity contribution in [1.82, 2.24) is 0 Å². The fourth-order valence-corrected chi connectivity index (χ4v) is 2.04. The van der Waals surface area contributed by atoms with Crippen molar-refractivity contribution < 1.29 is 5.11 Å². The van der Waals surface area contributed by atoms with Crippen LogP contribution in [0.1, 0.15) is 43.4 Å². The van der Waals surface area contributed by atoms with Crippen LogP contribution in [0.15, 0.2) is 18.2 Å². The van der Waals surface area contributed by atoms with Crippen LogP contribution in [0.4, 0.5) is 0 Å². The zero-order valence-corrected chi connectivity index (χ0v) is 10.7. The molecule has 2 nitrogen and oxygen atoms in total. The zero-order chi connectivity index (χ0) is 12.1. The molecular formula is C13H20ClNO. The minimum Gasteiger partial charge on any atom is -0.391 e. The summed E-state index contributed by atoms with van der Waals surface area (Å²) in [6.45, 7) is 4.07. The summed E-state index contributed by atoms with van der Waals surface area (Å²) in [5.74, 6) is 0. The smallest absolute Gasteiger partial charge is 0.0732 e. The Morgan fingerprint density at radius 1 is 1.44 bits per heavy atom. The molecule has 0 aliphatic heterocycles. The van der Waals surface area contributed by atoms with E-state index in [1.54, 1.807) is 0 Å². The first-order chi connectivity index (χ1) is 7.56. The number of nitrogens with two attached hydrogens (primary N) is 1. The number of aryl methyl sites for hydroxylation is 1. The fraction of sp³-hybridized carbons (Fsp3) is 0.538. The van der Waals surface area contributed by atoms with E-state index in [1.165, 1.54) is 0 Å². The van der Waals surface area contributed by atoms with Crippen molar-refractivity contribution in [2.24, 2.45) is 5.73 Å². The summed E-state index contributed by atoms with van der Waals surface area (Å²) < 4.78 is 0. The highest BCUT2D eigenvalue weighted by Crippen LogP contribution is 2.23. The van der Waals surface area contributed by atoms with Crippen molar-refractivity contribution in [1.29, 1.82) is 0 Å². The van der Waals surface area contributed by atoms with Crippen LogP contribution in [0, 0.1) is 6.92 Å². The van der Waals surface area contributed by atoms with E-state index in [0.29, 0.717) is 5.02 Å². The molecular weight excluding hydrogens is 222 g/mol. The molecule has 1 aromatic carbocycles. The third kappa shape index (κ3) is 3.48. The first-order valence-corrected chi connectivity index (χ1v) is 6.13. The van der Waals surface area contributed by atoms with E-state index in [1.807, 2.05) is 25.1 Å². The van der Waals surface area contributed by atoms with E-state index in [9.17, 15) is 5.11 Å². The molecule has 0 aromatic heterocycles. The third-order valence-corrected chi connectivity index (χ3v) is 3.09. The quantitative estimate of drug-likeness (QED) is 0.832. The molecule has 3 N–H and O–H groups in total. The maximum Gasteiger partial charge on any atom is 0.0732 e. The topological polar surface area (TPSA) is 46.2 Å². The molecule has 0 aliphatic rings. The second kappa shape index (κ2) is 6.24. The number of aliphatic hydroxyl groups excluding tert-OH is 1. The van der Waals surface area contributed by atoms with E-state index >= 15 is 0 Å². The SMILES string of the molecule is CCCC[C@H](O)[C@H](N)c1ccc(Cl)cc1C. The molecule has 0 bridgehead atoms. The van der Waals surface area contributed by atoms with Gasteiger partial charge in [0.05, 0.1) is 12.1 Å². The monoisotopic (exact) mass is 241 g/mol. The van der Waals surface area contributed by atoms with Gasteiger partial charge in [0.2, 0.25) is 0 Å². The van der Waals surface area contributed by atoms with Gasteiger partial charge >= 0.3 is 0 Å². The van der Waals surface area contributed by atoms with E-state index < -0.39 is 6.10 Å². The molecule has 1 rings (SSSR count). The highest BCUT2D eigenvalue weighted by molar-refractivity contribution is 6.30. The molecule has 0 heterocycles. The van der Waals surface area contributed by atoms with Crippen molar-refractivity contribution in [2.45, 2.75) is 45.3 Å². The first kappa shape index (κ1) is 13.5. The second-order valence-electron chi connectivity index (χ2n) is 4.24. The summed E-state index contributed by atoms with van der Waals surface area (Å²) in [6, 6.07) is 5.28. The number of rotatable bonds is 5. The van der Waals surface area contributed by atoms with Gasteiger partial charge in [0.15, 0.2) is 0 Å². The minimum atomic E-state index is -0.472. The van der Waals surface area contributed by atoms with Gasteiger partial charge in [-0.2, -0.15) is 0 Å². The van der Waals surface area contributed by atoms with Crippen LogP contribution in [-0.2, 0) is 0 Å². The average molecular weight is 242 g/mol. The maximum absolute atomic E-state index is 9.94. The molecule has 2 atom stereocenters. The van der Waals surface area contributed by atoms with E-state index in [0.717, 1.165) is 30.4 Å². The Bertz CT molecular complexity index is 341. The molecule has 0 unspecified atom stereocenters. The molecule has 0 saturated heterocycles. The number of benzene rings is 1. The summed E-state index contributed by atoms with van der Waals surface area (Å²) in [5, 5.41) is 10.6. The third-order valence-electron chi connectivity index (χ3n) is 2.86. The van der Waals surface area contributed by atoms with Crippen molar-refractivity contribution in [2.75, 3.05) is 0 Å². The van der Waals surface area contributed by atoms with E-state index in [2.05, 4.69) is 6.92 Å². The van der Waals surface area contributed by atoms with Gasteiger partial charge in [0.25, 0.3) is 0 Å². The van der Waals surface area contributed by atoms with Gasteiger partial charge in [-0.3, -0.25) is 0 Å². The Morgan fingerprint density at radius 3 is 2.69 bits per heavy atom. The lowest BCUT2D eigenvalue weighted by Gasteiger charge is -2.20. The van der Waals surface area contributed by atoms with Crippen LogP contribution in [-0.4, -0.2) is 11.2 Å². The fourth-order valence-electron chi connectivity index (χ4n) is 1.81. The van der Waals surface area contributed by atoms with Gasteiger partial charge in [0.1, 0.15) is 0 Å². The van der Waals surface area contributed by atoms with Crippen LogP contribution < -0.4 is 5.73 Å².